The van der Waals surface area contributed by atoms with Crippen LogP contribution in [0.5, 0.6) is 0 Å². The monoisotopic (exact) mass is 420 g/mol. The number of nitrogen functional groups attached to an aromatic ring is 1. The van der Waals surface area contributed by atoms with Crippen LogP contribution in [0.25, 0.3) is 11.3 Å². The number of nitrogens with zero attached hydrogens (tertiary/aromatic N) is 2. The number of carboxylic acid groups (broad SMARTS) is 1. The predicted molar refractivity (Wildman–Crippen MR) is 111 cm³/mol. The summed E-state index contributed by atoms with van der Waals surface area (Å²) in [6.07, 6.45) is 0.160. The largest absolute Gasteiger partial charge is 0.477 e. The Morgan fingerprint density at radius 3 is 2.59 bits per heavy atom. The van der Waals surface area contributed by atoms with E-state index in [-0.39, 0.29) is 12.1 Å². The summed E-state index contributed by atoms with van der Waals surface area (Å²) in [5.74, 6) is -1.11. The molecular weight excluding hydrogens is 407 g/mol. The number of halogens is 2. The maximum Gasteiger partial charge on any atom is 0.352 e. The van der Waals surface area contributed by atoms with Gasteiger partial charge in [-0.1, -0.05) is 41.4 Å². The first-order valence-electron chi connectivity index (χ1n) is 7.73. The highest BCUT2D eigenvalue weighted by molar-refractivity contribution is 7.14. The van der Waals surface area contributed by atoms with Crippen LogP contribution >= 0.6 is 34.5 Å². The Bertz CT molecular complexity index is 1000. The first-order chi connectivity index (χ1) is 12.9. The van der Waals surface area contributed by atoms with Crippen LogP contribution in [0.3, 0.4) is 0 Å². The molecule has 138 valence electrons. The average molecular weight is 421 g/mol. The molecule has 0 aliphatic carbocycles. The van der Waals surface area contributed by atoms with Crippen molar-refractivity contribution in [1.29, 1.82) is 0 Å². The Morgan fingerprint density at radius 1 is 1.19 bits per heavy atom. The third-order valence-electron chi connectivity index (χ3n) is 3.60. The number of aromatic nitrogens is 1. The second-order valence-corrected chi connectivity index (χ2v) is 7.23. The van der Waals surface area contributed by atoms with Gasteiger partial charge in [0.05, 0.1) is 15.7 Å². The summed E-state index contributed by atoms with van der Waals surface area (Å²) >= 11 is 13.2. The molecule has 3 aromatic rings. The van der Waals surface area contributed by atoms with Gasteiger partial charge in [-0.3, -0.25) is 5.43 Å². The first kappa shape index (κ1) is 19.2. The van der Waals surface area contributed by atoms with Gasteiger partial charge in [-0.2, -0.15) is 5.10 Å². The molecule has 0 amide bonds. The Kier molecular flexibility index (Phi) is 5.95. The number of carboxylic acids is 1. The van der Waals surface area contributed by atoms with E-state index in [0.29, 0.717) is 26.6 Å². The van der Waals surface area contributed by atoms with E-state index in [9.17, 15) is 9.90 Å². The van der Waals surface area contributed by atoms with Crippen LogP contribution in [0.1, 0.15) is 5.56 Å². The summed E-state index contributed by atoms with van der Waals surface area (Å²) in [5, 5.41) is 16.5. The number of hydrazone groups is 1. The number of hydrogen-bond donors (Lipinski definition) is 3. The highest BCUT2D eigenvalue weighted by Gasteiger charge is 2.12. The van der Waals surface area contributed by atoms with E-state index in [1.165, 1.54) is 11.3 Å². The van der Waals surface area contributed by atoms with Crippen molar-refractivity contribution in [2.75, 3.05) is 11.2 Å². The zero-order valence-corrected chi connectivity index (χ0v) is 16.1. The smallest absolute Gasteiger partial charge is 0.352 e. The topological polar surface area (TPSA) is 101 Å². The van der Waals surface area contributed by atoms with Crippen LogP contribution in [-0.4, -0.2) is 21.8 Å². The van der Waals surface area contributed by atoms with Gasteiger partial charge in [0, 0.05) is 23.1 Å². The fraction of sp³-hybridized carbons (Fsp3) is 0.0556. The second kappa shape index (κ2) is 8.39. The number of nitrogens with two attached hydrogens (primary N) is 1. The van der Waals surface area contributed by atoms with E-state index in [2.05, 4.69) is 15.5 Å². The highest BCUT2D eigenvalue weighted by Crippen LogP contribution is 2.30. The van der Waals surface area contributed by atoms with Gasteiger partial charge in [0.1, 0.15) is 5.71 Å². The van der Waals surface area contributed by atoms with Gasteiger partial charge in [-0.15, -0.1) is 11.3 Å². The molecule has 0 saturated carbocycles. The van der Waals surface area contributed by atoms with Crippen molar-refractivity contribution >= 4 is 57.0 Å². The SMILES string of the molecule is Nc1ccc(C/C(=N/Nc2nc(-c3ccc(Cl)c(Cl)c3)cs2)C(=O)O)cc1. The molecule has 3 rings (SSSR count). The Hall–Kier alpha value is -2.61. The standard InChI is InChI=1S/C18H14Cl2N4O2S/c19-13-6-3-11(8-14(13)20)16-9-27-18(22-16)24-23-15(17(25)26)7-10-1-4-12(21)5-2-10/h1-6,8-9H,7,21H2,(H,22,24)(H,25,26)/b23-15-. The maximum atomic E-state index is 11.4. The van der Waals surface area contributed by atoms with E-state index < -0.39 is 5.97 Å². The van der Waals surface area contributed by atoms with Gasteiger partial charge in [0.25, 0.3) is 0 Å². The van der Waals surface area contributed by atoms with E-state index >= 15 is 0 Å². The van der Waals surface area contributed by atoms with E-state index in [1.54, 1.807) is 42.5 Å². The van der Waals surface area contributed by atoms with Crippen LogP contribution in [0, 0.1) is 0 Å². The molecule has 2 aromatic carbocycles. The Labute approximate surface area is 169 Å². The first-order valence-corrected chi connectivity index (χ1v) is 9.37. The Balaban J connectivity index is 1.75. The molecule has 0 spiro atoms. The third kappa shape index (κ3) is 4.97. The lowest BCUT2D eigenvalue weighted by Gasteiger charge is -2.03. The van der Waals surface area contributed by atoms with Crippen LogP contribution in [0.4, 0.5) is 10.8 Å². The minimum Gasteiger partial charge on any atom is -0.477 e. The van der Waals surface area contributed by atoms with Crippen molar-refractivity contribution in [3.63, 3.8) is 0 Å². The molecule has 0 radical (unpaired) electrons. The number of nitrogens with one attached hydrogen (secondary N) is 1. The summed E-state index contributed by atoms with van der Waals surface area (Å²) in [7, 11) is 0. The minimum atomic E-state index is -1.11. The van der Waals surface area contributed by atoms with Crippen LogP contribution < -0.4 is 11.2 Å². The number of carbonyl (C=O) groups is 1. The molecule has 27 heavy (non-hydrogen) atoms. The normalized spacial score (nSPS) is 11.4. The molecule has 9 heteroatoms. The van der Waals surface area contributed by atoms with E-state index in [0.717, 1.165) is 11.1 Å². The van der Waals surface area contributed by atoms with Gasteiger partial charge in [0.2, 0.25) is 5.13 Å². The van der Waals surface area contributed by atoms with Crippen LogP contribution in [0.2, 0.25) is 10.0 Å². The number of aliphatic carboxylic acids is 1. The number of rotatable bonds is 6. The van der Waals surface area contributed by atoms with E-state index in [4.69, 9.17) is 28.9 Å². The van der Waals surface area contributed by atoms with E-state index in [1.807, 2.05) is 5.38 Å². The predicted octanol–water partition coefficient (Wildman–Crippen LogP) is 4.79. The molecule has 0 aliphatic heterocycles. The number of thiazole rings is 1. The summed E-state index contributed by atoms with van der Waals surface area (Å²) in [4.78, 5) is 15.8. The molecule has 0 fully saturated rings. The van der Waals surface area contributed by atoms with Crippen molar-refractivity contribution in [1.82, 2.24) is 4.98 Å². The average Bonchev–Trinajstić information content (AvgIpc) is 3.11. The van der Waals surface area contributed by atoms with Crippen molar-refractivity contribution in [2.24, 2.45) is 5.10 Å². The fourth-order valence-corrected chi connectivity index (χ4v) is 3.18. The lowest BCUT2D eigenvalue weighted by atomic mass is 10.1. The van der Waals surface area contributed by atoms with Gasteiger partial charge < -0.3 is 10.8 Å². The summed E-state index contributed by atoms with van der Waals surface area (Å²) in [5.41, 5.74) is 11.2. The third-order valence-corrected chi connectivity index (χ3v) is 5.09. The number of anilines is 2. The van der Waals surface area contributed by atoms with Gasteiger partial charge in [-0.25, -0.2) is 9.78 Å². The van der Waals surface area contributed by atoms with Crippen molar-refractivity contribution in [2.45, 2.75) is 6.42 Å². The molecule has 6 nitrogen and oxygen atoms in total. The summed E-state index contributed by atoms with van der Waals surface area (Å²) < 4.78 is 0. The van der Waals surface area contributed by atoms with Crippen molar-refractivity contribution in [3.8, 4) is 11.3 Å². The molecule has 0 bridgehead atoms. The molecule has 1 aromatic heterocycles. The minimum absolute atomic E-state index is 0.0361. The van der Waals surface area contributed by atoms with Crippen LogP contribution in [-0.2, 0) is 11.2 Å². The molecule has 1 heterocycles. The number of hydrogen-bond acceptors (Lipinski definition) is 6. The van der Waals surface area contributed by atoms with Crippen LogP contribution in [0.15, 0.2) is 52.9 Å². The quantitative estimate of drug-likeness (QED) is 0.302. The van der Waals surface area contributed by atoms with Gasteiger partial charge in [0.15, 0.2) is 0 Å². The zero-order valence-electron chi connectivity index (χ0n) is 13.8. The van der Waals surface area contributed by atoms with Crippen molar-refractivity contribution in [3.05, 3.63) is 63.5 Å². The molecule has 4 N–H and O–H groups in total. The summed E-state index contributed by atoms with van der Waals surface area (Å²) in [6.45, 7) is 0. The lowest BCUT2D eigenvalue weighted by Crippen LogP contribution is -2.17. The zero-order chi connectivity index (χ0) is 19.4. The fourth-order valence-electron chi connectivity index (χ4n) is 2.22. The molecule has 0 aliphatic rings. The number of benzene rings is 2. The molecular formula is C18H14Cl2N4O2S. The van der Waals surface area contributed by atoms with Crippen molar-refractivity contribution < 1.29 is 9.90 Å². The molecule has 0 unspecified atom stereocenters. The highest BCUT2D eigenvalue weighted by atomic mass is 35.5. The molecule has 0 atom stereocenters. The van der Waals surface area contributed by atoms with Gasteiger partial charge in [-0.05, 0) is 29.8 Å². The summed E-state index contributed by atoms with van der Waals surface area (Å²) in [6, 6.07) is 12.2. The Morgan fingerprint density at radius 2 is 1.93 bits per heavy atom. The van der Waals surface area contributed by atoms with Gasteiger partial charge >= 0.3 is 5.97 Å². The second-order valence-electron chi connectivity index (χ2n) is 5.56. The maximum absolute atomic E-state index is 11.4. The molecule has 0 saturated heterocycles. The lowest BCUT2D eigenvalue weighted by molar-refractivity contribution is -0.129.